The predicted molar refractivity (Wildman–Crippen MR) is 80.5 cm³/mol. The third-order valence-corrected chi connectivity index (χ3v) is 3.40. The Morgan fingerprint density at radius 3 is 2.50 bits per heavy atom. The van der Waals surface area contributed by atoms with E-state index in [1.54, 1.807) is 6.07 Å². The normalized spacial score (nSPS) is 13.5. The maximum absolute atomic E-state index is 11.8. The van der Waals surface area contributed by atoms with Gasteiger partial charge >= 0.3 is 0 Å². The van der Waals surface area contributed by atoms with E-state index < -0.39 is 5.91 Å². The molecular formula is C12H11Cl2N3O2S. The average molecular weight is 332 g/mol. The lowest BCUT2D eigenvalue weighted by atomic mass is 10.2. The van der Waals surface area contributed by atoms with Crippen molar-refractivity contribution < 1.29 is 9.59 Å². The number of nitrogens with one attached hydrogen (secondary N) is 3. The lowest BCUT2D eigenvalue weighted by Crippen LogP contribution is -2.48. The first-order valence-electron chi connectivity index (χ1n) is 5.83. The molecule has 20 heavy (non-hydrogen) atoms. The molecule has 1 aromatic carbocycles. The van der Waals surface area contributed by atoms with E-state index in [4.69, 9.17) is 35.4 Å². The molecule has 0 aliphatic heterocycles. The molecule has 0 spiro atoms. The molecule has 5 nitrogen and oxygen atoms in total. The van der Waals surface area contributed by atoms with Crippen molar-refractivity contribution in [3.05, 3.63) is 33.8 Å². The van der Waals surface area contributed by atoms with Gasteiger partial charge in [0.05, 0.1) is 10.6 Å². The summed E-state index contributed by atoms with van der Waals surface area (Å²) in [5.74, 6) is -0.577. The molecule has 1 saturated carbocycles. The summed E-state index contributed by atoms with van der Waals surface area (Å²) in [6.45, 7) is 0. The van der Waals surface area contributed by atoms with E-state index in [1.165, 1.54) is 12.1 Å². The van der Waals surface area contributed by atoms with E-state index in [1.807, 2.05) is 0 Å². The fourth-order valence-corrected chi connectivity index (χ4v) is 2.09. The van der Waals surface area contributed by atoms with E-state index in [2.05, 4.69) is 16.2 Å². The summed E-state index contributed by atoms with van der Waals surface area (Å²) in [6, 6.07) is 4.51. The Hall–Kier alpha value is -1.37. The first kappa shape index (κ1) is 15.0. The summed E-state index contributed by atoms with van der Waals surface area (Å²) in [5, 5.41) is 3.19. The van der Waals surface area contributed by atoms with Gasteiger partial charge in [0.2, 0.25) is 5.91 Å². The molecule has 0 heterocycles. The second-order valence-corrected chi connectivity index (χ2v) is 5.55. The van der Waals surface area contributed by atoms with Crippen LogP contribution in [0.5, 0.6) is 0 Å². The van der Waals surface area contributed by atoms with Gasteiger partial charge in [0.25, 0.3) is 5.91 Å². The Morgan fingerprint density at radius 1 is 1.20 bits per heavy atom. The SMILES string of the molecule is O=C(NNC(=S)NC(=O)C1CC1)c1ccc(Cl)cc1Cl. The molecule has 3 N–H and O–H groups in total. The van der Waals surface area contributed by atoms with Crippen LogP contribution in [0.25, 0.3) is 0 Å². The summed E-state index contributed by atoms with van der Waals surface area (Å²) < 4.78 is 0. The van der Waals surface area contributed by atoms with Crippen molar-refractivity contribution in [1.29, 1.82) is 0 Å². The summed E-state index contributed by atoms with van der Waals surface area (Å²) in [6.07, 6.45) is 1.75. The van der Waals surface area contributed by atoms with Crippen molar-refractivity contribution in [3.8, 4) is 0 Å². The minimum Gasteiger partial charge on any atom is -0.302 e. The molecule has 8 heteroatoms. The number of hydrogen-bond acceptors (Lipinski definition) is 3. The van der Waals surface area contributed by atoms with Crippen LogP contribution < -0.4 is 16.2 Å². The van der Waals surface area contributed by atoms with Gasteiger partial charge in [-0.25, -0.2) is 0 Å². The molecule has 2 amide bonds. The quantitative estimate of drug-likeness (QED) is 0.573. The van der Waals surface area contributed by atoms with Crippen LogP contribution in [0.4, 0.5) is 0 Å². The first-order chi connectivity index (χ1) is 9.47. The van der Waals surface area contributed by atoms with Gasteiger partial charge in [-0.2, -0.15) is 0 Å². The maximum atomic E-state index is 11.8. The Bertz CT molecular complexity index is 576. The number of thiocarbonyl (C=S) groups is 1. The van der Waals surface area contributed by atoms with Gasteiger partial charge in [0, 0.05) is 10.9 Å². The molecule has 1 aliphatic rings. The number of benzene rings is 1. The van der Waals surface area contributed by atoms with Gasteiger partial charge in [-0.15, -0.1) is 0 Å². The van der Waals surface area contributed by atoms with Crippen molar-refractivity contribution in [2.45, 2.75) is 12.8 Å². The van der Waals surface area contributed by atoms with Crippen LogP contribution in [0.15, 0.2) is 18.2 Å². The van der Waals surface area contributed by atoms with E-state index in [0.717, 1.165) is 12.8 Å². The minimum absolute atomic E-state index is 0.0381. The van der Waals surface area contributed by atoms with Gasteiger partial charge in [-0.05, 0) is 43.3 Å². The van der Waals surface area contributed by atoms with E-state index in [9.17, 15) is 9.59 Å². The van der Waals surface area contributed by atoms with Crippen molar-refractivity contribution in [1.82, 2.24) is 16.2 Å². The third kappa shape index (κ3) is 4.06. The molecular weight excluding hydrogens is 321 g/mol. The molecule has 2 rings (SSSR count). The Labute approximate surface area is 131 Å². The van der Waals surface area contributed by atoms with Crippen LogP contribution in [-0.4, -0.2) is 16.9 Å². The highest BCUT2D eigenvalue weighted by Crippen LogP contribution is 2.28. The van der Waals surface area contributed by atoms with E-state index in [0.29, 0.717) is 5.02 Å². The Kier molecular flexibility index (Phi) is 4.80. The van der Waals surface area contributed by atoms with Crippen LogP contribution in [0.1, 0.15) is 23.2 Å². The van der Waals surface area contributed by atoms with Crippen molar-refractivity contribution in [2.24, 2.45) is 5.92 Å². The smallest absolute Gasteiger partial charge is 0.271 e. The molecule has 0 radical (unpaired) electrons. The molecule has 0 bridgehead atoms. The Balaban J connectivity index is 1.85. The highest BCUT2D eigenvalue weighted by Gasteiger charge is 2.30. The van der Waals surface area contributed by atoms with Crippen LogP contribution >= 0.6 is 35.4 Å². The molecule has 0 aromatic heterocycles. The minimum atomic E-state index is -0.477. The third-order valence-electron chi connectivity index (χ3n) is 2.65. The van der Waals surface area contributed by atoms with E-state index in [-0.39, 0.29) is 27.5 Å². The number of halogens is 2. The van der Waals surface area contributed by atoms with Gasteiger partial charge < -0.3 is 5.32 Å². The summed E-state index contributed by atoms with van der Waals surface area (Å²) in [5.41, 5.74) is 5.05. The number of carbonyl (C=O) groups excluding carboxylic acids is 2. The lowest BCUT2D eigenvalue weighted by molar-refractivity contribution is -0.120. The molecule has 1 fully saturated rings. The van der Waals surface area contributed by atoms with Gasteiger partial charge in [-0.3, -0.25) is 20.4 Å². The highest BCUT2D eigenvalue weighted by molar-refractivity contribution is 7.80. The topological polar surface area (TPSA) is 70.2 Å². The second kappa shape index (κ2) is 6.39. The summed E-state index contributed by atoms with van der Waals surface area (Å²) in [7, 11) is 0. The Morgan fingerprint density at radius 2 is 1.90 bits per heavy atom. The largest absolute Gasteiger partial charge is 0.302 e. The number of carbonyl (C=O) groups is 2. The maximum Gasteiger partial charge on any atom is 0.271 e. The average Bonchev–Trinajstić information content (AvgIpc) is 3.20. The zero-order valence-electron chi connectivity index (χ0n) is 10.2. The van der Waals surface area contributed by atoms with Crippen molar-refractivity contribution in [2.75, 3.05) is 0 Å². The van der Waals surface area contributed by atoms with Crippen LogP contribution in [0.3, 0.4) is 0 Å². The summed E-state index contributed by atoms with van der Waals surface area (Å²) >= 11 is 16.5. The summed E-state index contributed by atoms with van der Waals surface area (Å²) in [4.78, 5) is 23.3. The second-order valence-electron chi connectivity index (χ2n) is 4.30. The number of rotatable bonds is 2. The lowest BCUT2D eigenvalue weighted by Gasteiger charge is -2.11. The van der Waals surface area contributed by atoms with Gasteiger partial charge in [0.15, 0.2) is 5.11 Å². The van der Waals surface area contributed by atoms with Crippen LogP contribution in [0.2, 0.25) is 10.0 Å². The van der Waals surface area contributed by atoms with E-state index >= 15 is 0 Å². The zero-order valence-corrected chi connectivity index (χ0v) is 12.5. The monoisotopic (exact) mass is 331 g/mol. The van der Waals surface area contributed by atoms with Crippen LogP contribution in [-0.2, 0) is 4.79 Å². The number of hydrogen-bond donors (Lipinski definition) is 3. The first-order valence-corrected chi connectivity index (χ1v) is 7.00. The molecule has 0 atom stereocenters. The van der Waals surface area contributed by atoms with Crippen molar-refractivity contribution >= 4 is 52.3 Å². The highest BCUT2D eigenvalue weighted by atomic mass is 35.5. The van der Waals surface area contributed by atoms with Gasteiger partial charge in [-0.1, -0.05) is 23.2 Å². The molecule has 0 unspecified atom stereocenters. The molecule has 1 aliphatic carbocycles. The fourth-order valence-electron chi connectivity index (χ4n) is 1.45. The fraction of sp³-hybridized carbons (Fsp3) is 0.250. The van der Waals surface area contributed by atoms with Crippen molar-refractivity contribution in [3.63, 3.8) is 0 Å². The predicted octanol–water partition coefficient (Wildman–Crippen LogP) is 2.04. The molecule has 0 saturated heterocycles. The number of hydrazine groups is 1. The number of amides is 2. The zero-order chi connectivity index (χ0) is 14.7. The molecule has 106 valence electrons. The standard InChI is InChI=1S/C12H11Cl2N3O2S/c13-7-3-4-8(9(14)5-7)11(19)16-17-12(20)15-10(18)6-1-2-6/h3-6H,1-2H2,(H,16,19)(H2,15,17,18,20). The van der Waals surface area contributed by atoms with Crippen LogP contribution in [0, 0.1) is 5.92 Å². The molecule has 1 aromatic rings. The van der Waals surface area contributed by atoms with Gasteiger partial charge in [0.1, 0.15) is 0 Å².